The molecule has 4 rings (SSSR count). The fourth-order valence-corrected chi connectivity index (χ4v) is 3.25. The van der Waals surface area contributed by atoms with E-state index in [0.717, 1.165) is 22.8 Å². The van der Waals surface area contributed by atoms with Crippen LogP contribution >= 0.6 is 0 Å². The monoisotopic (exact) mass is 427 g/mol. The summed E-state index contributed by atoms with van der Waals surface area (Å²) in [5.74, 6) is 2.01. The van der Waals surface area contributed by atoms with Crippen LogP contribution in [0.5, 0.6) is 0 Å². The van der Waals surface area contributed by atoms with Crippen molar-refractivity contribution in [2.45, 2.75) is 6.92 Å². The van der Waals surface area contributed by atoms with E-state index in [1.165, 1.54) is 0 Å². The van der Waals surface area contributed by atoms with E-state index in [2.05, 4.69) is 25.7 Å². The maximum absolute atomic E-state index is 12.8. The first kappa shape index (κ1) is 21.0. The van der Waals surface area contributed by atoms with Crippen LogP contribution in [0.4, 0.5) is 23.0 Å². The highest BCUT2D eigenvalue weighted by molar-refractivity contribution is 6.03. The molecule has 1 amide bonds. The number of nitrogens with zero attached hydrogens (tertiary/aromatic N) is 5. The summed E-state index contributed by atoms with van der Waals surface area (Å²) in [6.45, 7) is 1.86. The van der Waals surface area contributed by atoms with E-state index in [1.54, 1.807) is 17.8 Å². The lowest BCUT2D eigenvalue weighted by molar-refractivity contribution is 0.101. The number of hydrogen-bond donors (Lipinski definition) is 2. The van der Waals surface area contributed by atoms with Crippen molar-refractivity contribution in [2.75, 3.05) is 29.6 Å². The van der Waals surface area contributed by atoms with E-state index >= 15 is 0 Å². The van der Waals surface area contributed by atoms with Crippen LogP contribution in [-0.2, 0) is 7.05 Å². The zero-order valence-electron chi connectivity index (χ0n) is 18.5. The molecule has 0 unspecified atom stereocenters. The van der Waals surface area contributed by atoms with Crippen molar-refractivity contribution in [3.63, 3.8) is 0 Å². The molecule has 0 bridgehead atoms. The molecule has 0 spiro atoms. The average Bonchev–Trinajstić information content (AvgIpc) is 3.17. The second-order valence-corrected chi connectivity index (χ2v) is 7.61. The van der Waals surface area contributed by atoms with Crippen molar-refractivity contribution < 1.29 is 4.79 Å². The van der Waals surface area contributed by atoms with Gasteiger partial charge in [-0.3, -0.25) is 9.48 Å². The number of carbonyl (C=O) groups excluding carboxylic acids is 1. The Balaban J connectivity index is 1.45. The van der Waals surface area contributed by atoms with Crippen molar-refractivity contribution in [2.24, 2.45) is 7.05 Å². The number of aromatic nitrogens is 4. The van der Waals surface area contributed by atoms with Crippen LogP contribution in [0, 0.1) is 6.92 Å². The molecule has 8 nitrogen and oxygen atoms in total. The average molecular weight is 428 g/mol. The van der Waals surface area contributed by atoms with Gasteiger partial charge in [0.15, 0.2) is 0 Å². The Labute approximate surface area is 186 Å². The molecule has 0 fully saturated rings. The summed E-state index contributed by atoms with van der Waals surface area (Å²) < 4.78 is 1.59. The minimum absolute atomic E-state index is 0.218. The van der Waals surface area contributed by atoms with Crippen LogP contribution in [0.15, 0.2) is 66.7 Å². The third-order valence-electron chi connectivity index (χ3n) is 4.88. The molecule has 2 aromatic heterocycles. The number of hydrogen-bond acceptors (Lipinski definition) is 6. The van der Waals surface area contributed by atoms with Crippen LogP contribution in [0.25, 0.3) is 11.3 Å². The highest BCUT2D eigenvalue weighted by Gasteiger charge is 2.14. The summed E-state index contributed by atoms with van der Waals surface area (Å²) in [6, 6.07) is 20.9. The lowest BCUT2D eigenvalue weighted by Gasteiger charge is -2.14. The molecule has 0 aliphatic rings. The Morgan fingerprint density at radius 1 is 0.938 bits per heavy atom. The standard InChI is InChI=1S/C24H25N7O/c1-16-25-22(15-23(26-16)30(2)3)27-18-10-12-19(13-11-18)28-24(32)21-14-20(29-31(21)4)17-8-6-5-7-9-17/h5-15H,1-4H3,(H,28,32)(H,25,26,27). The van der Waals surface area contributed by atoms with Gasteiger partial charge in [0.2, 0.25) is 0 Å². The van der Waals surface area contributed by atoms with Gasteiger partial charge < -0.3 is 15.5 Å². The maximum atomic E-state index is 12.8. The molecule has 0 atom stereocenters. The Bertz CT molecular complexity index is 1230. The van der Waals surface area contributed by atoms with E-state index in [0.29, 0.717) is 23.0 Å². The molecule has 0 saturated carbocycles. The quantitative estimate of drug-likeness (QED) is 0.478. The molecule has 2 N–H and O–H groups in total. The van der Waals surface area contributed by atoms with Gasteiger partial charge in [-0.1, -0.05) is 30.3 Å². The molecule has 0 aliphatic heterocycles. The fourth-order valence-electron chi connectivity index (χ4n) is 3.25. The first-order valence-electron chi connectivity index (χ1n) is 10.2. The number of carbonyl (C=O) groups is 1. The molecule has 4 aromatic rings. The smallest absolute Gasteiger partial charge is 0.273 e. The van der Waals surface area contributed by atoms with Crippen molar-refractivity contribution in [1.29, 1.82) is 0 Å². The van der Waals surface area contributed by atoms with Crippen LogP contribution in [-0.4, -0.2) is 39.8 Å². The van der Waals surface area contributed by atoms with Gasteiger partial charge >= 0.3 is 0 Å². The Hall–Kier alpha value is -4.20. The second kappa shape index (κ2) is 8.89. The van der Waals surface area contributed by atoms with E-state index in [1.807, 2.05) is 86.6 Å². The number of rotatable bonds is 6. The number of aryl methyl sites for hydroxylation is 2. The molecule has 0 saturated heterocycles. The van der Waals surface area contributed by atoms with E-state index < -0.39 is 0 Å². The highest BCUT2D eigenvalue weighted by Crippen LogP contribution is 2.22. The summed E-state index contributed by atoms with van der Waals surface area (Å²) in [5, 5.41) is 10.7. The van der Waals surface area contributed by atoms with Crippen molar-refractivity contribution in [1.82, 2.24) is 19.7 Å². The summed E-state index contributed by atoms with van der Waals surface area (Å²) in [4.78, 5) is 23.5. The lowest BCUT2D eigenvalue weighted by Crippen LogP contribution is -2.16. The van der Waals surface area contributed by atoms with Gasteiger partial charge in [-0.05, 0) is 37.3 Å². The highest BCUT2D eigenvalue weighted by atomic mass is 16.2. The Kier molecular flexibility index (Phi) is 5.85. The zero-order chi connectivity index (χ0) is 22.7. The van der Waals surface area contributed by atoms with Crippen LogP contribution < -0.4 is 15.5 Å². The largest absolute Gasteiger partial charge is 0.363 e. The molecule has 2 aromatic carbocycles. The summed E-state index contributed by atoms with van der Waals surface area (Å²) in [5.41, 5.74) is 3.76. The number of anilines is 4. The molecule has 2 heterocycles. The SMILES string of the molecule is Cc1nc(Nc2ccc(NC(=O)c3cc(-c4ccccc4)nn3C)cc2)cc(N(C)C)n1. The summed E-state index contributed by atoms with van der Waals surface area (Å²) in [6.07, 6.45) is 0. The number of nitrogens with one attached hydrogen (secondary N) is 2. The molecule has 8 heteroatoms. The van der Waals surface area contributed by atoms with Crippen LogP contribution in [0.1, 0.15) is 16.3 Å². The minimum Gasteiger partial charge on any atom is -0.363 e. The van der Waals surface area contributed by atoms with Gasteiger partial charge in [-0.2, -0.15) is 5.10 Å². The van der Waals surface area contributed by atoms with Crippen LogP contribution in [0.3, 0.4) is 0 Å². The predicted molar refractivity (Wildman–Crippen MR) is 127 cm³/mol. The van der Waals surface area contributed by atoms with Gasteiger partial charge in [-0.15, -0.1) is 0 Å². The molecule has 32 heavy (non-hydrogen) atoms. The van der Waals surface area contributed by atoms with Crippen molar-refractivity contribution >= 4 is 28.9 Å². The third kappa shape index (κ3) is 4.75. The number of amides is 1. The van der Waals surface area contributed by atoms with Gasteiger partial charge in [0, 0.05) is 44.1 Å². The van der Waals surface area contributed by atoms with Crippen LogP contribution in [0.2, 0.25) is 0 Å². The molecular weight excluding hydrogens is 402 g/mol. The normalized spacial score (nSPS) is 10.6. The molecular formula is C24H25N7O. The molecule has 0 aliphatic carbocycles. The second-order valence-electron chi connectivity index (χ2n) is 7.61. The van der Waals surface area contributed by atoms with Crippen molar-refractivity contribution in [3.05, 3.63) is 78.2 Å². The van der Waals surface area contributed by atoms with Gasteiger partial charge in [0.25, 0.3) is 5.91 Å². The number of benzene rings is 2. The first-order valence-corrected chi connectivity index (χ1v) is 10.2. The summed E-state index contributed by atoms with van der Waals surface area (Å²) in [7, 11) is 5.64. The Morgan fingerprint density at radius 3 is 2.31 bits per heavy atom. The lowest BCUT2D eigenvalue weighted by atomic mass is 10.1. The predicted octanol–water partition coefficient (Wildman–Crippen LogP) is 4.25. The summed E-state index contributed by atoms with van der Waals surface area (Å²) >= 11 is 0. The van der Waals surface area contributed by atoms with E-state index in [4.69, 9.17) is 0 Å². The molecule has 0 radical (unpaired) electrons. The maximum Gasteiger partial charge on any atom is 0.273 e. The first-order chi connectivity index (χ1) is 15.4. The van der Waals surface area contributed by atoms with Gasteiger partial charge in [0.05, 0.1) is 5.69 Å². The minimum atomic E-state index is -0.218. The van der Waals surface area contributed by atoms with Gasteiger partial charge in [-0.25, -0.2) is 9.97 Å². The van der Waals surface area contributed by atoms with E-state index in [9.17, 15) is 4.79 Å². The topological polar surface area (TPSA) is 88.0 Å². The fraction of sp³-hybridized carbons (Fsp3) is 0.167. The third-order valence-corrected chi connectivity index (χ3v) is 4.88. The van der Waals surface area contributed by atoms with E-state index in [-0.39, 0.29) is 5.91 Å². The Morgan fingerprint density at radius 2 is 1.62 bits per heavy atom. The van der Waals surface area contributed by atoms with Crippen molar-refractivity contribution in [3.8, 4) is 11.3 Å². The molecule has 162 valence electrons. The van der Waals surface area contributed by atoms with Gasteiger partial charge in [0.1, 0.15) is 23.2 Å². The zero-order valence-corrected chi connectivity index (χ0v) is 18.5.